The van der Waals surface area contributed by atoms with Gasteiger partial charge >= 0.3 is 0 Å². The minimum absolute atomic E-state index is 0.203. The third-order valence-corrected chi connectivity index (χ3v) is 2.61. The monoisotopic (exact) mass is 199 g/mol. The highest BCUT2D eigenvalue weighted by atomic mass is 32.2. The van der Waals surface area contributed by atoms with Crippen molar-refractivity contribution < 1.29 is 5.11 Å². The van der Waals surface area contributed by atoms with E-state index < -0.39 is 0 Å². The maximum Gasteiger partial charge on any atom is 0.221 e. The highest BCUT2D eigenvalue weighted by molar-refractivity contribution is 7.99. The summed E-state index contributed by atoms with van der Waals surface area (Å²) in [5.41, 5.74) is 5.42. The van der Waals surface area contributed by atoms with E-state index >= 15 is 0 Å². The van der Waals surface area contributed by atoms with E-state index in [1.807, 2.05) is 13.0 Å². The van der Waals surface area contributed by atoms with E-state index in [0.29, 0.717) is 11.2 Å². The summed E-state index contributed by atoms with van der Waals surface area (Å²) >= 11 is 1.59. The highest BCUT2D eigenvalue weighted by Gasteiger charge is 2.04. The molecule has 0 aromatic carbocycles. The van der Waals surface area contributed by atoms with E-state index in [-0.39, 0.29) is 6.61 Å². The Bertz CT molecular complexity index is 269. The van der Waals surface area contributed by atoms with Gasteiger partial charge in [-0.3, -0.25) is 0 Å². The lowest BCUT2D eigenvalue weighted by atomic mass is 10.3. The molecule has 72 valence electrons. The summed E-state index contributed by atoms with van der Waals surface area (Å²) in [4.78, 5) is 7.84. The second-order valence-electron chi connectivity index (χ2n) is 2.69. The third kappa shape index (κ3) is 3.61. The maximum absolute atomic E-state index is 8.70. The van der Waals surface area contributed by atoms with Crippen molar-refractivity contribution in [3.8, 4) is 0 Å². The van der Waals surface area contributed by atoms with Gasteiger partial charge in [0, 0.05) is 18.1 Å². The highest BCUT2D eigenvalue weighted by Crippen LogP contribution is 2.22. The van der Waals surface area contributed by atoms with E-state index in [9.17, 15) is 0 Å². The molecule has 0 saturated carbocycles. The zero-order valence-electron chi connectivity index (χ0n) is 7.47. The van der Waals surface area contributed by atoms with Crippen molar-refractivity contribution in [2.45, 2.75) is 23.6 Å². The molecule has 1 unspecified atom stereocenters. The second kappa shape index (κ2) is 5.04. The van der Waals surface area contributed by atoms with Gasteiger partial charge in [0.15, 0.2) is 0 Å². The number of nitrogen functional groups attached to an aromatic ring is 1. The van der Waals surface area contributed by atoms with Crippen molar-refractivity contribution in [2.75, 3.05) is 12.3 Å². The standard InChI is InChI=1S/C8H13N3OS/c1-6(3-5-12)13-7-2-4-10-8(9)11-7/h2,4,6,12H,3,5H2,1H3,(H2,9,10,11). The second-order valence-corrected chi connectivity index (χ2v) is 4.15. The van der Waals surface area contributed by atoms with Crippen molar-refractivity contribution in [3.63, 3.8) is 0 Å². The summed E-state index contributed by atoms with van der Waals surface area (Å²) < 4.78 is 0. The molecule has 0 amide bonds. The van der Waals surface area contributed by atoms with Crippen LogP contribution < -0.4 is 5.73 Å². The van der Waals surface area contributed by atoms with Gasteiger partial charge in [0.05, 0.1) is 0 Å². The van der Waals surface area contributed by atoms with Gasteiger partial charge in [0.2, 0.25) is 5.95 Å². The average Bonchev–Trinajstić information content (AvgIpc) is 2.04. The number of rotatable bonds is 4. The number of nitrogens with zero attached hydrogens (tertiary/aromatic N) is 2. The van der Waals surface area contributed by atoms with E-state index in [2.05, 4.69) is 9.97 Å². The number of aromatic nitrogens is 2. The zero-order chi connectivity index (χ0) is 9.68. The quantitative estimate of drug-likeness (QED) is 0.557. The molecule has 0 aliphatic rings. The van der Waals surface area contributed by atoms with Crippen LogP contribution in [0.5, 0.6) is 0 Å². The van der Waals surface area contributed by atoms with Crippen LogP contribution in [-0.2, 0) is 0 Å². The minimum Gasteiger partial charge on any atom is -0.396 e. The molecule has 3 N–H and O–H groups in total. The molecule has 0 saturated heterocycles. The van der Waals surface area contributed by atoms with Gasteiger partial charge < -0.3 is 10.8 Å². The molecule has 4 nitrogen and oxygen atoms in total. The van der Waals surface area contributed by atoms with E-state index in [0.717, 1.165) is 11.4 Å². The summed E-state index contributed by atoms with van der Waals surface area (Å²) in [5.74, 6) is 0.293. The fourth-order valence-corrected chi connectivity index (χ4v) is 1.79. The molecule has 1 heterocycles. The molecular weight excluding hydrogens is 186 g/mol. The first-order valence-corrected chi connectivity index (χ1v) is 4.96. The smallest absolute Gasteiger partial charge is 0.221 e. The van der Waals surface area contributed by atoms with Crippen LogP contribution in [0.2, 0.25) is 0 Å². The zero-order valence-corrected chi connectivity index (χ0v) is 8.29. The SMILES string of the molecule is CC(CCO)Sc1ccnc(N)n1. The van der Waals surface area contributed by atoms with Crippen molar-refractivity contribution >= 4 is 17.7 Å². The first-order chi connectivity index (χ1) is 6.22. The van der Waals surface area contributed by atoms with Crippen LogP contribution in [0, 0.1) is 0 Å². The van der Waals surface area contributed by atoms with Crippen LogP contribution >= 0.6 is 11.8 Å². The van der Waals surface area contributed by atoms with Crippen molar-refractivity contribution in [1.29, 1.82) is 0 Å². The number of hydrogen-bond acceptors (Lipinski definition) is 5. The molecule has 13 heavy (non-hydrogen) atoms. The molecule has 0 aliphatic carbocycles. The molecule has 1 atom stereocenters. The molecule has 0 fully saturated rings. The summed E-state index contributed by atoms with van der Waals surface area (Å²) in [6, 6.07) is 1.81. The van der Waals surface area contributed by atoms with Gasteiger partial charge in [-0.25, -0.2) is 9.97 Å². The Kier molecular flexibility index (Phi) is 3.98. The van der Waals surface area contributed by atoms with Crippen LogP contribution in [0.4, 0.5) is 5.95 Å². The Balaban J connectivity index is 2.53. The molecule has 0 radical (unpaired) electrons. The lowest BCUT2D eigenvalue weighted by Crippen LogP contribution is -2.01. The topological polar surface area (TPSA) is 72.0 Å². The van der Waals surface area contributed by atoms with Gasteiger partial charge in [0.1, 0.15) is 5.03 Å². The number of aliphatic hydroxyl groups excluding tert-OH is 1. The van der Waals surface area contributed by atoms with Crippen LogP contribution in [0.3, 0.4) is 0 Å². The van der Waals surface area contributed by atoms with E-state index in [1.54, 1.807) is 18.0 Å². The molecule has 0 aliphatic heterocycles. The number of hydrogen-bond donors (Lipinski definition) is 2. The fraction of sp³-hybridized carbons (Fsp3) is 0.500. The third-order valence-electron chi connectivity index (χ3n) is 1.51. The van der Waals surface area contributed by atoms with Gasteiger partial charge in [0.25, 0.3) is 0 Å². The van der Waals surface area contributed by atoms with Crippen molar-refractivity contribution in [1.82, 2.24) is 9.97 Å². The Morgan fingerprint density at radius 1 is 1.69 bits per heavy atom. The number of nitrogens with two attached hydrogens (primary N) is 1. The lowest BCUT2D eigenvalue weighted by Gasteiger charge is -2.07. The Morgan fingerprint density at radius 3 is 3.08 bits per heavy atom. The molecule has 0 bridgehead atoms. The van der Waals surface area contributed by atoms with Crippen LogP contribution in [0.1, 0.15) is 13.3 Å². The maximum atomic E-state index is 8.70. The predicted octanol–water partition coefficient (Wildman–Crippen LogP) is 0.922. The van der Waals surface area contributed by atoms with E-state index in [4.69, 9.17) is 10.8 Å². The van der Waals surface area contributed by atoms with Crippen molar-refractivity contribution in [3.05, 3.63) is 12.3 Å². The fourth-order valence-electron chi connectivity index (χ4n) is 0.869. The van der Waals surface area contributed by atoms with Crippen molar-refractivity contribution in [2.24, 2.45) is 0 Å². The molecule has 5 heteroatoms. The van der Waals surface area contributed by atoms with Gasteiger partial charge in [-0.05, 0) is 12.5 Å². The normalized spacial score (nSPS) is 12.8. The molecule has 1 aromatic rings. The summed E-state index contributed by atoms with van der Waals surface area (Å²) in [6.07, 6.45) is 2.39. The Labute approximate surface area is 81.6 Å². The van der Waals surface area contributed by atoms with E-state index in [1.165, 1.54) is 0 Å². The molecule has 1 aromatic heterocycles. The summed E-state index contributed by atoms with van der Waals surface area (Å²) in [7, 11) is 0. The summed E-state index contributed by atoms with van der Waals surface area (Å²) in [6.45, 7) is 2.24. The van der Waals surface area contributed by atoms with Gasteiger partial charge in [-0.15, -0.1) is 11.8 Å². The largest absolute Gasteiger partial charge is 0.396 e. The number of anilines is 1. The minimum atomic E-state index is 0.203. The van der Waals surface area contributed by atoms with Gasteiger partial charge in [-0.2, -0.15) is 0 Å². The summed E-state index contributed by atoms with van der Waals surface area (Å²) in [5, 5.41) is 9.90. The van der Waals surface area contributed by atoms with Crippen LogP contribution in [-0.4, -0.2) is 26.9 Å². The Hall–Kier alpha value is -0.810. The molecule has 1 rings (SSSR count). The first kappa shape index (κ1) is 10.3. The number of thioether (sulfide) groups is 1. The molecular formula is C8H13N3OS. The Morgan fingerprint density at radius 2 is 2.46 bits per heavy atom. The average molecular weight is 199 g/mol. The van der Waals surface area contributed by atoms with Crippen LogP contribution in [0.15, 0.2) is 17.3 Å². The molecule has 0 spiro atoms. The van der Waals surface area contributed by atoms with Gasteiger partial charge in [-0.1, -0.05) is 6.92 Å². The number of aliphatic hydroxyl groups is 1. The van der Waals surface area contributed by atoms with Crippen LogP contribution in [0.25, 0.3) is 0 Å². The predicted molar refractivity (Wildman–Crippen MR) is 53.5 cm³/mol. The first-order valence-electron chi connectivity index (χ1n) is 4.08. The lowest BCUT2D eigenvalue weighted by molar-refractivity contribution is 0.289.